The highest BCUT2D eigenvalue weighted by Crippen LogP contribution is 2.32. The zero-order valence-corrected chi connectivity index (χ0v) is 11.8. The van der Waals surface area contributed by atoms with E-state index in [4.69, 9.17) is 11.5 Å². The lowest BCUT2D eigenvalue weighted by molar-refractivity contribution is -0.128. The molecule has 0 fully saturated rings. The third kappa shape index (κ3) is 2.70. The van der Waals surface area contributed by atoms with Gasteiger partial charge in [-0.1, -0.05) is 6.07 Å². The van der Waals surface area contributed by atoms with Crippen LogP contribution < -0.4 is 16.8 Å². The second-order valence-corrected chi connectivity index (χ2v) is 5.43. The number of fused-ring (bicyclic) bond motifs is 1. The van der Waals surface area contributed by atoms with E-state index in [9.17, 15) is 18.8 Å². The fourth-order valence-corrected chi connectivity index (χ4v) is 3.08. The van der Waals surface area contributed by atoms with Gasteiger partial charge < -0.3 is 16.8 Å². The number of hydrogen-bond acceptors (Lipinski definition) is 4. The Kier molecular flexibility index (Phi) is 3.90. The van der Waals surface area contributed by atoms with E-state index in [1.165, 1.54) is 12.1 Å². The summed E-state index contributed by atoms with van der Waals surface area (Å²) in [6, 6.07) is 2.89. The van der Waals surface area contributed by atoms with Gasteiger partial charge in [0.25, 0.3) is 5.91 Å². The van der Waals surface area contributed by atoms with Crippen LogP contribution in [0.1, 0.15) is 15.2 Å². The lowest BCUT2D eigenvalue weighted by Gasteiger charge is -2.11. The smallest absolute Gasteiger partial charge is 0.262 e. The van der Waals surface area contributed by atoms with Gasteiger partial charge in [0, 0.05) is 10.1 Å². The van der Waals surface area contributed by atoms with Gasteiger partial charge in [0.05, 0.1) is 4.88 Å². The molecule has 21 heavy (non-hydrogen) atoms. The number of carbonyl (C=O) groups is 3. The number of hydrogen-bond donors (Lipinski definition) is 3. The van der Waals surface area contributed by atoms with Crippen LogP contribution in [-0.2, 0) is 9.59 Å². The number of aryl methyl sites for hydroxylation is 1. The van der Waals surface area contributed by atoms with Gasteiger partial charge in [-0.25, -0.2) is 4.39 Å². The molecule has 2 rings (SSSR count). The standard InChI is InChI=1S/C13H12FN3O3S/c1-5-8-6(14)3-2-4-7(8)21-10(5)13(20)17-9(11(15)18)12(16)19/h2-4,9H,1H3,(H2,15,18)(H2,16,19)(H,17,20). The molecule has 1 aromatic heterocycles. The molecule has 110 valence electrons. The van der Waals surface area contributed by atoms with Crippen molar-refractivity contribution < 1.29 is 18.8 Å². The third-order valence-electron chi connectivity index (χ3n) is 2.95. The number of thiophene rings is 1. The maximum atomic E-state index is 13.8. The van der Waals surface area contributed by atoms with Gasteiger partial charge in [0.2, 0.25) is 11.8 Å². The number of nitrogens with two attached hydrogens (primary N) is 2. The number of amides is 3. The summed E-state index contributed by atoms with van der Waals surface area (Å²) in [5, 5.41) is 2.49. The number of primary amides is 2. The van der Waals surface area contributed by atoms with Gasteiger partial charge in [-0.3, -0.25) is 14.4 Å². The lowest BCUT2D eigenvalue weighted by atomic mass is 10.1. The number of benzene rings is 1. The molecular weight excluding hydrogens is 297 g/mol. The molecule has 0 aliphatic heterocycles. The molecule has 8 heteroatoms. The molecule has 1 heterocycles. The Morgan fingerprint density at radius 1 is 1.24 bits per heavy atom. The Labute approximate surface area is 122 Å². The normalized spacial score (nSPS) is 10.8. The average Bonchev–Trinajstić information content (AvgIpc) is 2.73. The summed E-state index contributed by atoms with van der Waals surface area (Å²) in [7, 11) is 0. The van der Waals surface area contributed by atoms with E-state index in [0.717, 1.165) is 11.3 Å². The number of nitrogens with one attached hydrogen (secondary N) is 1. The summed E-state index contributed by atoms with van der Waals surface area (Å²) >= 11 is 1.06. The van der Waals surface area contributed by atoms with E-state index in [1.54, 1.807) is 13.0 Å². The second kappa shape index (κ2) is 5.49. The largest absolute Gasteiger partial charge is 0.367 e. The summed E-state index contributed by atoms with van der Waals surface area (Å²) in [6.07, 6.45) is 0. The van der Waals surface area contributed by atoms with Crippen LogP contribution >= 0.6 is 11.3 Å². The van der Waals surface area contributed by atoms with Gasteiger partial charge in [-0.05, 0) is 24.6 Å². The van der Waals surface area contributed by atoms with Crippen LogP contribution in [0, 0.1) is 12.7 Å². The van der Waals surface area contributed by atoms with Gasteiger partial charge in [-0.15, -0.1) is 11.3 Å². The highest BCUT2D eigenvalue weighted by molar-refractivity contribution is 7.21. The first-order valence-corrected chi connectivity index (χ1v) is 6.71. The van der Waals surface area contributed by atoms with E-state index >= 15 is 0 Å². The van der Waals surface area contributed by atoms with Crippen LogP contribution in [0.5, 0.6) is 0 Å². The minimum atomic E-state index is -1.60. The van der Waals surface area contributed by atoms with Crippen LogP contribution in [0.3, 0.4) is 0 Å². The molecule has 6 nitrogen and oxygen atoms in total. The zero-order chi connectivity index (χ0) is 15.7. The SMILES string of the molecule is Cc1c(C(=O)NC(C(N)=O)C(N)=O)sc2cccc(F)c12. The molecule has 0 saturated carbocycles. The van der Waals surface area contributed by atoms with Crippen LogP contribution in [0.25, 0.3) is 10.1 Å². The molecule has 0 saturated heterocycles. The van der Waals surface area contributed by atoms with Crippen molar-refractivity contribution in [2.45, 2.75) is 13.0 Å². The molecule has 5 N–H and O–H groups in total. The molecule has 0 radical (unpaired) electrons. The summed E-state index contributed by atoms with van der Waals surface area (Å²) in [5.74, 6) is -3.25. The monoisotopic (exact) mass is 309 g/mol. The average molecular weight is 309 g/mol. The van der Waals surface area contributed by atoms with Gasteiger partial charge in [-0.2, -0.15) is 0 Å². The molecule has 0 atom stereocenters. The van der Waals surface area contributed by atoms with Crippen molar-refractivity contribution >= 4 is 39.1 Å². The first-order valence-electron chi connectivity index (χ1n) is 5.90. The highest BCUT2D eigenvalue weighted by Gasteiger charge is 2.26. The first-order chi connectivity index (χ1) is 9.82. The summed E-state index contributed by atoms with van der Waals surface area (Å²) in [6.45, 7) is 1.58. The molecule has 3 amide bonds. The van der Waals surface area contributed by atoms with Crippen LogP contribution in [-0.4, -0.2) is 23.8 Å². The van der Waals surface area contributed by atoms with Crippen LogP contribution in [0.15, 0.2) is 18.2 Å². The Hall–Kier alpha value is -2.48. The molecule has 2 aromatic rings. The zero-order valence-electron chi connectivity index (χ0n) is 11.0. The van der Waals surface area contributed by atoms with E-state index in [2.05, 4.69) is 5.32 Å². The fourth-order valence-electron chi connectivity index (χ4n) is 1.95. The molecule has 0 spiro atoms. The van der Waals surface area contributed by atoms with Crippen molar-refractivity contribution in [1.29, 1.82) is 0 Å². The predicted molar refractivity (Wildman–Crippen MR) is 76.2 cm³/mol. The maximum absolute atomic E-state index is 13.8. The quantitative estimate of drug-likeness (QED) is 0.711. The van der Waals surface area contributed by atoms with Crippen molar-refractivity contribution in [3.8, 4) is 0 Å². The third-order valence-corrected chi connectivity index (χ3v) is 4.21. The van der Waals surface area contributed by atoms with Crippen molar-refractivity contribution in [2.24, 2.45) is 11.5 Å². The van der Waals surface area contributed by atoms with Crippen molar-refractivity contribution in [2.75, 3.05) is 0 Å². The highest BCUT2D eigenvalue weighted by atomic mass is 32.1. The van der Waals surface area contributed by atoms with Crippen LogP contribution in [0.4, 0.5) is 4.39 Å². The number of halogens is 1. The Bertz CT molecular complexity index is 742. The van der Waals surface area contributed by atoms with E-state index in [0.29, 0.717) is 15.6 Å². The van der Waals surface area contributed by atoms with Gasteiger partial charge in [0.1, 0.15) is 5.82 Å². The Balaban J connectivity index is 2.40. The number of carbonyl (C=O) groups excluding carboxylic acids is 3. The second-order valence-electron chi connectivity index (χ2n) is 4.38. The minimum absolute atomic E-state index is 0.197. The molecule has 1 aromatic carbocycles. The molecular formula is C13H12FN3O3S. The van der Waals surface area contributed by atoms with Crippen LogP contribution in [0.2, 0.25) is 0 Å². The number of rotatable bonds is 4. The van der Waals surface area contributed by atoms with Crippen molar-refractivity contribution in [1.82, 2.24) is 5.32 Å². The van der Waals surface area contributed by atoms with Gasteiger partial charge in [0.15, 0.2) is 6.04 Å². The molecule has 0 bridgehead atoms. The summed E-state index contributed by atoms with van der Waals surface area (Å²) < 4.78 is 14.4. The minimum Gasteiger partial charge on any atom is -0.367 e. The maximum Gasteiger partial charge on any atom is 0.262 e. The summed E-state index contributed by atoms with van der Waals surface area (Å²) in [4.78, 5) is 34.5. The van der Waals surface area contributed by atoms with Gasteiger partial charge >= 0.3 is 0 Å². The van der Waals surface area contributed by atoms with Crippen molar-refractivity contribution in [3.63, 3.8) is 0 Å². The van der Waals surface area contributed by atoms with E-state index in [1.807, 2.05) is 0 Å². The predicted octanol–water partition coefficient (Wildman–Crippen LogP) is 0.418. The van der Waals surface area contributed by atoms with E-state index in [-0.39, 0.29) is 4.88 Å². The Morgan fingerprint density at radius 3 is 2.38 bits per heavy atom. The van der Waals surface area contributed by atoms with E-state index < -0.39 is 29.6 Å². The first kappa shape index (κ1) is 14.9. The topological polar surface area (TPSA) is 115 Å². The summed E-state index contributed by atoms with van der Waals surface area (Å²) in [5.41, 5.74) is 10.4. The lowest BCUT2D eigenvalue weighted by Crippen LogP contribution is -2.52. The van der Waals surface area contributed by atoms with Crippen molar-refractivity contribution in [3.05, 3.63) is 34.5 Å². The molecule has 0 aliphatic carbocycles. The fraction of sp³-hybridized carbons (Fsp3) is 0.154. The molecule has 0 aliphatic rings. The molecule has 0 unspecified atom stereocenters. The Morgan fingerprint density at radius 2 is 1.86 bits per heavy atom.